The van der Waals surface area contributed by atoms with Crippen molar-refractivity contribution in [3.63, 3.8) is 0 Å². The van der Waals surface area contributed by atoms with Crippen molar-refractivity contribution in [2.75, 3.05) is 0 Å². The maximum Gasteiger partial charge on any atom is 0.244 e. The lowest BCUT2D eigenvalue weighted by atomic mass is 9.95. The van der Waals surface area contributed by atoms with Crippen molar-refractivity contribution in [1.29, 1.82) is 0 Å². The minimum atomic E-state index is -0.534. The normalized spacial score (nSPS) is 18.3. The summed E-state index contributed by atoms with van der Waals surface area (Å²) in [4.78, 5) is 14.1. The summed E-state index contributed by atoms with van der Waals surface area (Å²) in [5.41, 5.74) is 9.27. The number of carbonyl (C=O) groups is 1. The molecule has 3 rings (SSSR count). The van der Waals surface area contributed by atoms with Crippen LogP contribution in [0.25, 0.3) is 0 Å². The fraction of sp³-hybridized carbons (Fsp3) is 0.188. The first-order valence-electron chi connectivity index (χ1n) is 6.42. The molecule has 0 saturated carbocycles. The molecule has 0 saturated heterocycles. The van der Waals surface area contributed by atoms with E-state index in [1.54, 1.807) is 0 Å². The molecule has 1 heterocycles. The maximum absolute atomic E-state index is 12.3. The van der Waals surface area contributed by atoms with Crippen LogP contribution < -0.4 is 5.73 Å². The highest BCUT2D eigenvalue weighted by Crippen LogP contribution is 2.26. The largest absolute Gasteiger partial charge is 0.332 e. The lowest BCUT2D eigenvalue weighted by molar-refractivity contribution is -0.135. The second kappa shape index (κ2) is 4.86. The van der Waals surface area contributed by atoms with Gasteiger partial charge in [-0.05, 0) is 16.7 Å². The van der Waals surface area contributed by atoms with Gasteiger partial charge in [-0.3, -0.25) is 4.79 Å². The molecule has 3 heteroatoms. The number of nitrogens with zero attached hydrogens (tertiary/aromatic N) is 1. The Hall–Kier alpha value is -2.13. The van der Waals surface area contributed by atoms with Gasteiger partial charge in [-0.15, -0.1) is 0 Å². The molecule has 1 atom stereocenters. The zero-order valence-electron chi connectivity index (χ0n) is 10.6. The zero-order chi connectivity index (χ0) is 13.2. The van der Waals surface area contributed by atoms with E-state index < -0.39 is 6.04 Å². The first-order chi connectivity index (χ1) is 9.25. The van der Waals surface area contributed by atoms with Gasteiger partial charge in [0.25, 0.3) is 0 Å². The molecule has 1 aliphatic heterocycles. The van der Waals surface area contributed by atoms with Crippen LogP contribution in [0.1, 0.15) is 22.7 Å². The maximum atomic E-state index is 12.3. The summed E-state index contributed by atoms with van der Waals surface area (Å²) in [5, 5.41) is 0. The lowest BCUT2D eigenvalue weighted by Crippen LogP contribution is -2.42. The summed E-state index contributed by atoms with van der Waals surface area (Å²) in [6, 6.07) is 17.4. The van der Waals surface area contributed by atoms with Crippen LogP contribution in [0.2, 0.25) is 0 Å². The number of carbonyl (C=O) groups excluding carboxylic acids is 1. The highest BCUT2D eigenvalue weighted by Gasteiger charge is 2.29. The average Bonchev–Trinajstić information content (AvgIpc) is 2.46. The summed E-state index contributed by atoms with van der Waals surface area (Å²) in [6.45, 7) is 1.25. The monoisotopic (exact) mass is 252 g/mol. The van der Waals surface area contributed by atoms with Gasteiger partial charge < -0.3 is 10.6 Å². The summed E-state index contributed by atoms with van der Waals surface area (Å²) in [7, 11) is 0. The molecule has 0 aromatic heterocycles. The van der Waals surface area contributed by atoms with Gasteiger partial charge in [0.15, 0.2) is 0 Å². The Morgan fingerprint density at radius 2 is 1.74 bits per heavy atom. The van der Waals surface area contributed by atoms with Crippen molar-refractivity contribution in [3.05, 3.63) is 71.3 Å². The van der Waals surface area contributed by atoms with Crippen LogP contribution in [0.4, 0.5) is 0 Å². The Labute approximate surface area is 112 Å². The third kappa shape index (κ3) is 2.25. The van der Waals surface area contributed by atoms with Gasteiger partial charge in [0.05, 0.1) is 0 Å². The van der Waals surface area contributed by atoms with Crippen molar-refractivity contribution in [2.24, 2.45) is 5.73 Å². The highest BCUT2D eigenvalue weighted by atomic mass is 16.2. The quantitative estimate of drug-likeness (QED) is 0.891. The number of amides is 1. The van der Waals surface area contributed by atoms with Crippen molar-refractivity contribution in [3.8, 4) is 0 Å². The van der Waals surface area contributed by atoms with E-state index in [9.17, 15) is 4.79 Å². The van der Waals surface area contributed by atoms with E-state index in [1.807, 2.05) is 59.5 Å². The molecule has 0 radical (unpaired) electrons. The van der Waals surface area contributed by atoms with Gasteiger partial charge >= 0.3 is 0 Å². The summed E-state index contributed by atoms with van der Waals surface area (Å²) >= 11 is 0. The van der Waals surface area contributed by atoms with Crippen LogP contribution in [-0.2, 0) is 17.9 Å². The predicted molar refractivity (Wildman–Crippen MR) is 74.1 cm³/mol. The standard InChI is InChI=1S/C16H16N2O/c17-15-14-9-5-4-8-13(14)11-18(16(15)19)10-12-6-2-1-3-7-12/h1-9,15H,10-11,17H2. The van der Waals surface area contributed by atoms with Crippen LogP contribution in [0.15, 0.2) is 54.6 Å². The van der Waals surface area contributed by atoms with Gasteiger partial charge in [-0.2, -0.15) is 0 Å². The van der Waals surface area contributed by atoms with E-state index in [1.165, 1.54) is 0 Å². The zero-order valence-corrected chi connectivity index (χ0v) is 10.6. The first kappa shape index (κ1) is 11.9. The van der Waals surface area contributed by atoms with Gasteiger partial charge in [-0.1, -0.05) is 54.6 Å². The van der Waals surface area contributed by atoms with Crippen LogP contribution in [0.5, 0.6) is 0 Å². The molecule has 0 aliphatic carbocycles. The van der Waals surface area contributed by atoms with Crippen molar-refractivity contribution in [2.45, 2.75) is 19.1 Å². The molecule has 1 amide bonds. The number of hydrogen-bond donors (Lipinski definition) is 1. The number of fused-ring (bicyclic) bond motifs is 1. The predicted octanol–water partition coefficient (Wildman–Crippen LogP) is 2.23. The second-order valence-corrected chi connectivity index (χ2v) is 4.86. The molecule has 96 valence electrons. The summed E-state index contributed by atoms with van der Waals surface area (Å²) in [6.07, 6.45) is 0. The molecule has 19 heavy (non-hydrogen) atoms. The first-order valence-corrected chi connectivity index (χ1v) is 6.42. The molecule has 2 N–H and O–H groups in total. The van der Waals surface area contributed by atoms with Gasteiger partial charge in [0.2, 0.25) is 5.91 Å². The van der Waals surface area contributed by atoms with Crippen LogP contribution >= 0.6 is 0 Å². The van der Waals surface area contributed by atoms with Crippen molar-refractivity contribution >= 4 is 5.91 Å². The fourth-order valence-corrected chi connectivity index (χ4v) is 2.53. The number of benzene rings is 2. The van der Waals surface area contributed by atoms with Gasteiger partial charge in [0.1, 0.15) is 6.04 Å². The molecule has 3 nitrogen and oxygen atoms in total. The second-order valence-electron chi connectivity index (χ2n) is 4.86. The number of hydrogen-bond acceptors (Lipinski definition) is 2. The molecule has 0 fully saturated rings. The molecule has 1 aliphatic rings. The molecule has 0 spiro atoms. The number of nitrogens with two attached hydrogens (primary N) is 1. The fourth-order valence-electron chi connectivity index (χ4n) is 2.53. The van der Waals surface area contributed by atoms with Gasteiger partial charge in [-0.25, -0.2) is 0 Å². The topological polar surface area (TPSA) is 46.3 Å². The van der Waals surface area contributed by atoms with E-state index in [-0.39, 0.29) is 5.91 Å². The third-order valence-electron chi connectivity index (χ3n) is 3.55. The van der Waals surface area contributed by atoms with Crippen LogP contribution in [-0.4, -0.2) is 10.8 Å². The lowest BCUT2D eigenvalue weighted by Gasteiger charge is -2.32. The van der Waals surface area contributed by atoms with Crippen LogP contribution in [0.3, 0.4) is 0 Å². The van der Waals surface area contributed by atoms with E-state index in [0.717, 1.165) is 16.7 Å². The molecule has 1 unspecified atom stereocenters. The number of rotatable bonds is 2. The molecular weight excluding hydrogens is 236 g/mol. The Morgan fingerprint density at radius 3 is 2.53 bits per heavy atom. The minimum absolute atomic E-state index is 0.00236. The Kier molecular flexibility index (Phi) is 3.05. The van der Waals surface area contributed by atoms with E-state index in [0.29, 0.717) is 13.1 Å². The van der Waals surface area contributed by atoms with Gasteiger partial charge in [0, 0.05) is 13.1 Å². The van der Waals surface area contributed by atoms with Crippen molar-refractivity contribution < 1.29 is 4.79 Å². The Morgan fingerprint density at radius 1 is 1.05 bits per heavy atom. The Bertz CT molecular complexity index is 595. The van der Waals surface area contributed by atoms with Crippen LogP contribution in [0, 0.1) is 0 Å². The smallest absolute Gasteiger partial charge is 0.244 e. The average molecular weight is 252 g/mol. The summed E-state index contributed by atoms with van der Waals surface area (Å²) in [5.74, 6) is 0.00236. The van der Waals surface area contributed by atoms with E-state index in [2.05, 4.69) is 0 Å². The molecule has 0 bridgehead atoms. The third-order valence-corrected chi connectivity index (χ3v) is 3.55. The van der Waals surface area contributed by atoms with Crippen molar-refractivity contribution in [1.82, 2.24) is 4.90 Å². The molecule has 2 aromatic carbocycles. The summed E-state index contributed by atoms with van der Waals surface area (Å²) < 4.78 is 0. The minimum Gasteiger partial charge on any atom is -0.332 e. The highest BCUT2D eigenvalue weighted by molar-refractivity contribution is 5.85. The van der Waals surface area contributed by atoms with E-state index >= 15 is 0 Å². The Balaban J connectivity index is 1.87. The molecular formula is C16H16N2O. The molecule has 2 aromatic rings. The van der Waals surface area contributed by atoms with E-state index in [4.69, 9.17) is 5.73 Å². The SMILES string of the molecule is NC1C(=O)N(Cc2ccccc2)Cc2ccccc21.